The van der Waals surface area contributed by atoms with Crippen LogP contribution in [0.1, 0.15) is 24.1 Å². The van der Waals surface area contributed by atoms with Gasteiger partial charge < -0.3 is 14.5 Å². The average molecular weight is 320 g/mol. The fourth-order valence-electron chi connectivity index (χ4n) is 3.40. The molecule has 0 radical (unpaired) electrons. The zero-order chi connectivity index (χ0) is 15.6. The summed E-state index contributed by atoms with van der Waals surface area (Å²) in [6.45, 7) is 2.33. The third-order valence-electron chi connectivity index (χ3n) is 4.76. The third kappa shape index (κ3) is 3.42. The molecule has 2 fully saturated rings. The predicted octanol–water partition coefficient (Wildman–Crippen LogP) is 2.47. The highest BCUT2D eigenvalue weighted by Gasteiger charge is 2.44. The summed E-state index contributed by atoms with van der Waals surface area (Å²) in [4.78, 5) is 17.7. The van der Waals surface area contributed by atoms with Crippen LogP contribution in [0.3, 0.4) is 0 Å². The Morgan fingerprint density at radius 3 is 3.14 bits per heavy atom. The first-order chi connectivity index (χ1) is 10.6. The zero-order valence-electron chi connectivity index (χ0n) is 13.3. The van der Waals surface area contributed by atoms with Crippen LogP contribution in [0.4, 0.5) is 0 Å². The predicted molar refractivity (Wildman–Crippen MR) is 89.9 cm³/mol. The Balaban J connectivity index is 1.60. The van der Waals surface area contributed by atoms with Gasteiger partial charge in [-0.05, 0) is 50.9 Å². The van der Waals surface area contributed by atoms with Crippen molar-refractivity contribution in [2.24, 2.45) is 0 Å². The number of hydrogen-bond donors (Lipinski definition) is 0. The van der Waals surface area contributed by atoms with Crippen LogP contribution in [0.5, 0.6) is 0 Å². The van der Waals surface area contributed by atoms with Crippen molar-refractivity contribution >= 4 is 23.3 Å². The van der Waals surface area contributed by atoms with Crippen molar-refractivity contribution < 1.29 is 9.53 Å². The van der Waals surface area contributed by atoms with Gasteiger partial charge in [-0.3, -0.25) is 4.79 Å². The van der Waals surface area contributed by atoms with Crippen LogP contribution < -0.4 is 0 Å². The monoisotopic (exact) mass is 320 g/mol. The molecular weight excluding hydrogens is 296 g/mol. The maximum absolute atomic E-state index is 12.4. The zero-order valence-corrected chi connectivity index (χ0v) is 14.1. The van der Waals surface area contributed by atoms with E-state index in [2.05, 4.69) is 19.0 Å². The standard InChI is InChI=1S/C17H24N2O2S/c1-18(2)14-7-10-21-17(12-14)8-9-19(13-17)16(20)6-5-15-4-3-11-22-15/h3-6,11,14H,7-10,12-13H2,1-2H3/b6-5+/t14-,17-/m1/s1. The van der Waals surface area contributed by atoms with E-state index < -0.39 is 0 Å². The first kappa shape index (κ1) is 15.7. The molecule has 22 heavy (non-hydrogen) atoms. The molecule has 0 aliphatic carbocycles. The first-order valence-corrected chi connectivity index (χ1v) is 8.77. The summed E-state index contributed by atoms with van der Waals surface area (Å²) >= 11 is 1.64. The maximum Gasteiger partial charge on any atom is 0.246 e. The Bertz CT molecular complexity index is 541. The second kappa shape index (κ2) is 6.52. The van der Waals surface area contributed by atoms with Gasteiger partial charge in [0, 0.05) is 30.1 Å². The fraction of sp³-hybridized carbons (Fsp3) is 0.588. The lowest BCUT2D eigenvalue weighted by molar-refractivity contribution is -0.129. The smallest absolute Gasteiger partial charge is 0.246 e. The van der Waals surface area contributed by atoms with Crippen LogP contribution in [0, 0.1) is 0 Å². The minimum absolute atomic E-state index is 0.0980. The molecule has 1 amide bonds. The van der Waals surface area contributed by atoms with Crippen molar-refractivity contribution in [3.05, 3.63) is 28.5 Å². The average Bonchev–Trinajstić information content (AvgIpc) is 3.15. The summed E-state index contributed by atoms with van der Waals surface area (Å²) in [5.74, 6) is 0.0980. The van der Waals surface area contributed by atoms with Crippen molar-refractivity contribution in [3.63, 3.8) is 0 Å². The van der Waals surface area contributed by atoms with Crippen molar-refractivity contribution in [2.75, 3.05) is 33.8 Å². The van der Waals surface area contributed by atoms with Crippen molar-refractivity contribution in [3.8, 4) is 0 Å². The van der Waals surface area contributed by atoms with E-state index in [-0.39, 0.29) is 11.5 Å². The summed E-state index contributed by atoms with van der Waals surface area (Å²) in [5.41, 5.74) is -0.125. The lowest BCUT2D eigenvalue weighted by atomic mass is 9.89. The van der Waals surface area contributed by atoms with E-state index in [4.69, 9.17) is 4.74 Å². The van der Waals surface area contributed by atoms with E-state index in [9.17, 15) is 4.79 Å². The van der Waals surface area contributed by atoms with E-state index in [0.29, 0.717) is 6.04 Å². The number of amides is 1. The molecule has 2 aliphatic rings. The normalized spacial score (nSPS) is 29.0. The number of ether oxygens (including phenoxy) is 1. The van der Waals surface area contributed by atoms with E-state index in [1.807, 2.05) is 28.5 Å². The molecule has 120 valence electrons. The van der Waals surface area contributed by atoms with Crippen LogP contribution in [0.2, 0.25) is 0 Å². The number of thiophene rings is 1. The Kier molecular flexibility index (Phi) is 4.66. The molecule has 1 spiro atoms. The molecule has 1 aromatic rings. The SMILES string of the molecule is CN(C)[C@@H]1CCO[C@]2(CCN(C(=O)/C=C/c3cccs3)C2)C1. The lowest BCUT2D eigenvalue weighted by Gasteiger charge is -2.40. The maximum atomic E-state index is 12.4. The molecule has 0 N–H and O–H groups in total. The summed E-state index contributed by atoms with van der Waals surface area (Å²) in [5, 5.41) is 2.02. The van der Waals surface area contributed by atoms with Gasteiger partial charge in [0.15, 0.2) is 0 Å². The second-order valence-electron chi connectivity index (χ2n) is 6.50. The molecule has 2 aliphatic heterocycles. The van der Waals surface area contributed by atoms with Gasteiger partial charge in [-0.2, -0.15) is 0 Å². The highest BCUT2D eigenvalue weighted by molar-refractivity contribution is 7.10. The quantitative estimate of drug-likeness (QED) is 0.802. The summed E-state index contributed by atoms with van der Waals surface area (Å²) in [6.07, 6.45) is 6.66. The Morgan fingerprint density at radius 1 is 1.55 bits per heavy atom. The number of carbonyl (C=O) groups excluding carboxylic acids is 1. The number of likely N-dealkylation sites (tertiary alicyclic amines) is 1. The minimum atomic E-state index is -0.125. The van der Waals surface area contributed by atoms with E-state index in [1.165, 1.54) is 0 Å². The van der Waals surface area contributed by atoms with E-state index in [0.717, 1.165) is 43.8 Å². The first-order valence-electron chi connectivity index (χ1n) is 7.89. The highest BCUT2D eigenvalue weighted by Crippen LogP contribution is 2.35. The van der Waals surface area contributed by atoms with Gasteiger partial charge in [-0.25, -0.2) is 0 Å². The van der Waals surface area contributed by atoms with Crippen LogP contribution >= 0.6 is 11.3 Å². The third-order valence-corrected chi connectivity index (χ3v) is 5.60. The summed E-state index contributed by atoms with van der Waals surface area (Å²) in [6, 6.07) is 4.58. The minimum Gasteiger partial charge on any atom is -0.373 e. The van der Waals surface area contributed by atoms with Crippen molar-refractivity contribution in [1.82, 2.24) is 9.80 Å². The number of hydrogen-bond acceptors (Lipinski definition) is 4. The van der Waals surface area contributed by atoms with Crippen LogP contribution in [0.25, 0.3) is 6.08 Å². The van der Waals surface area contributed by atoms with Gasteiger partial charge in [-0.1, -0.05) is 6.07 Å². The van der Waals surface area contributed by atoms with Gasteiger partial charge in [0.1, 0.15) is 0 Å². The molecule has 3 rings (SSSR count). The van der Waals surface area contributed by atoms with Gasteiger partial charge in [-0.15, -0.1) is 11.3 Å². The number of rotatable bonds is 3. The molecule has 0 aromatic carbocycles. The molecule has 2 atom stereocenters. The van der Waals surface area contributed by atoms with Crippen LogP contribution in [-0.4, -0.2) is 61.1 Å². The molecular formula is C17H24N2O2S. The Hall–Kier alpha value is -1.17. The van der Waals surface area contributed by atoms with Gasteiger partial charge in [0.2, 0.25) is 5.91 Å². The molecule has 5 heteroatoms. The molecule has 3 heterocycles. The van der Waals surface area contributed by atoms with Gasteiger partial charge >= 0.3 is 0 Å². The molecule has 0 unspecified atom stereocenters. The van der Waals surface area contributed by atoms with E-state index in [1.54, 1.807) is 17.4 Å². The Morgan fingerprint density at radius 2 is 2.41 bits per heavy atom. The Labute approximate surface area is 136 Å². The topological polar surface area (TPSA) is 32.8 Å². The van der Waals surface area contributed by atoms with Crippen molar-refractivity contribution in [1.29, 1.82) is 0 Å². The number of carbonyl (C=O) groups is 1. The van der Waals surface area contributed by atoms with Crippen LogP contribution in [-0.2, 0) is 9.53 Å². The molecule has 0 bridgehead atoms. The summed E-state index contributed by atoms with van der Waals surface area (Å²) < 4.78 is 6.10. The van der Waals surface area contributed by atoms with Gasteiger partial charge in [0.25, 0.3) is 0 Å². The molecule has 0 saturated carbocycles. The highest BCUT2D eigenvalue weighted by atomic mass is 32.1. The lowest BCUT2D eigenvalue weighted by Crippen LogP contribution is -2.48. The van der Waals surface area contributed by atoms with Crippen LogP contribution in [0.15, 0.2) is 23.6 Å². The molecule has 4 nitrogen and oxygen atoms in total. The molecule has 1 aromatic heterocycles. The van der Waals surface area contributed by atoms with Gasteiger partial charge in [0.05, 0.1) is 12.1 Å². The van der Waals surface area contributed by atoms with E-state index >= 15 is 0 Å². The second-order valence-corrected chi connectivity index (χ2v) is 7.48. The van der Waals surface area contributed by atoms with Crippen molar-refractivity contribution in [2.45, 2.75) is 30.9 Å². The fourth-order valence-corrected chi connectivity index (χ4v) is 4.02. The molecule has 2 saturated heterocycles. The largest absolute Gasteiger partial charge is 0.373 e. The summed E-state index contributed by atoms with van der Waals surface area (Å²) in [7, 11) is 4.26. The number of nitrogens with zero attached hydrogens (tertiary/aromatic N) is 2.